The van der Waals surface area contributed by atoms with Crippen LogP contribution in [0.2, 0.25) is 0 Å². The molecule has 0 aliphatic rings. The van der Waals surface area contributed by atoms with E-state index in [1.807, 2.05) is 25.1 Å². The molecule has 19 heavy (non-hydrogen) atoms. The largest absolute Gasteiger partial charge is 0.416 e. The lowest BCUT2D eigenvalue weighted by Crippen LogP contribution is -2.04. The van der Waals surface area contributed by atoms with Gasteiger partial charge in [-0.15, -0.1) is 11.6 Å². The Bertz CT molecular complexity index is 571. The van der Waals surface area contributed by atoms with Crippen molar-refractivity contribution in [3.63, 3.8) is 0 Å². The molecule has 0 unspecified atom stereocenters. The number of benzene rings is 2. The summed E-state index contributed by atoms with van der Waals surface area (Å²) in [6.07, 6.45) is -4.29. The molecule has 0 spiro atoms. The highest BCUT2D eigenvalue weighted by atomic mass is 35.5. The second-order valence-electron chi connectivity index (χ2n) is 4.35. The third-order valence-corrected chi connectivity index (χ3v) is 3.32. The van der Waals surface area contributed by atoms with Gasteiger partial charge in [-0.1, -0.05) is 30.3 Å². The molecule has 2 aromatic rings. The molecule has 0 saturated carbocycles. The highest BCUT2D eigenvalue weighted by molar-refractivity contribution is 6.17. The van der Waals surface area contributed by atoms with Crippen LogP contribution >= 0.6 is 11.6 Å². The summed E-state index contributed by atoms with van der Waals surface area (Å²) in [5, 5.41) is 0. The molecule has 0 aliphatic carbocycles. The molecule has 0 radical (unpaired) electrons. The Balaban J connectivity index is 2.35. The second kappa shape index (κ2) is 5.25. The summed E-state index contributed by atoms with van der Waals surface area (Å²) in [6, 6.07) is 10.9. The SMILES string of the molecule is Cc1cc(-c2ccc(C(F)(F)F)cc2)ccc1CCl. The Morgan fingerprint density at radius 1 is 0.947 bits per heavy atom. The van der Waals surface area contributed by atoms with Gasteiger partial charge < -0.3 is 0 Å². The van der Waals surface area contributed by atoms with E-state index in [1.165, 1.54) is 12.1 Å². The molecule has 2 rings (SSSR count). The third-order valence-electron chi connectivity index (χ3n) is 3.03. The molecule has 2 aromatic carbocycles. The number of aryl methyl sites for hydroxylation is 1. The summed E-state index contributed by atoms with van der Waals surface area (Å²) in [5.74, 6) is 0.430. The minimum atomic E-state index is -4.29. The lowest BCUT2D eigenvalue weighted by molar-refractivity contribution is -0.137. The predicted octanol–water partition coefficient (Wildman–Crippen LogP) is 5.42. The first-order valence-corrected chi connectivity index (χ1v) is 6.28. The van der Waals surface area contributed by atoms with Crippen molar-refractivity contribution in [1.29, 1.82) is 0 Å². The van der Waals surface area contributed by atoms with Crippen LogP contribution in [0.1, 0.15) is 16.7 Å². The van der Waals surface area contributed by atoms with E-state index in [1.54, 1.807) is 0 Å². The van der Waals surface area contributed by atoms with Crippen LogP contribution in [0.15, 0.2) is 42.5 Å². The van der Waals surface area contributed by atoms with Crippen LogP contribution in [0.3, 0.4) is 0 Å². The first-order chi connectivity index (χ1) is 8.91. The maximum Gasteiger partial charge on any atom is 0.416 e. The molecule has 0 heterocycles. The van der Waals surface area contributed by atoms with Crippen LogP contribution in [0, 0.1) is 6.92 Å². The van der Waals surface area contributed by atoms with Gasteiger partial charge in [0, 0.05) is 5.88 Å². The molecule has 0 aromatic heterocycles. The number of hydrogen-bond donors (Lipinski definition) is 0. The number of halogens is 4. The van der Waals surface area contributed by atoms with E-state index < -0.39 is 11.7 Å². The van der Waals surface area contributed by atoms with E-state index in [0.29, 0.717) is 5.88 Å². The van der Waals surface area contributed by atoms with E-state index in [9.17, 15) is 13.2 Å². The zero-order valence-corrected chi connectivity index (χ0v) is 11.0. The average Bonchev–Trinajstić information content (AvgIpc) is 2.38. The minimum absolute atomic E-state index is 0.430. The van der Waals surface area contributed by atoms with E-state index in [2.05, 4.69) is 0 Å². The van der Waals surface area contributed by atoms with Crippen LogP contribution < -0.4 is 0 Å². The molecule has 0 N–H and O–H groups in total. The van der Waals surface area contributed by atoms with Gasteiger partial charge in [-0.25, -0.2) is 0 Å². The Morgan fingerprint density at radius 3 is 2.00 bits per heavy atom. The van der Waals surface area contributed by atoms with Crippen molar-refractivity contribution < 1.29 is 13.2 Å². The van der Waals surface area contributed by atoms with Gasteiger partial charge in [-0.3, -0.25) is 0 Å². The van der Waals surface area contributed by atoms with E-state index in [4.69, 9.17) is 11.6 Å². The molecule has 0 aliphatic heterocycles. The van der Waals surface area contributed by atoms with Gasteiger partial charge in [0.1, 0.15) is 0 Å². The molecule has 0 atom stereocenters. The molecule has 4 heteroatoms. The molecule has 0 nitrogen and oxygen atoms in total. The molecule has 0 saturated heterocycles. The molecule has 0 amide bonds. The van der Waals surface area contributed by atoms with Crippen molar-refractivity contribution in [3.8, 4) is 11.1 Å². The fourth-order valence-corrected chi connectivity index (χ4v) is 2.18. The van der Waals surface area contributed by atoms with E-state index in [0.717, 1.165) is 34.4 Å². The van der Waals surface area contributed by atoms with E-state index >= 15 is 0 Å². The van der Waals surface area contributed by atoms with Gasteiger partial charge >= 0.3 is 6.18 Å². The van der Waals surface area contributed by atoms with Crippen molar-refractivity contribution >= 4 is 11.6 Å². The van der Waals surface area contributed by atoms with Gasteiger partial charge in [-0.05, 0) is 41.3 Å². The molecule has 0 fully saturated rings. The summed E-state index contributed by atoms with van der Waals surface area (Å²) in [7, 11) is 0. The zero-order valence-electron chi connectivity index (χ0n) is 10.3. The first kappa shape index (κ1) is 13.9. The van der Waals surface area contributed by atoms with Crippen LogP contribution in [-0.4, -0.2) is 0 Å². The third kappa shape index (κ3) is 3.10. The minimum Gasteiger partial charge on any atom is -0.166 e. The van der Waals surface area contributed by atoms with Gasteiger partial charge in [0.25, 0.3) is 0 Å². The Hall–Kier alpha value is -1.48. The predicted molar refractivity (Wildman–Crippen MR) is 71.2 cm³/mol. The van der Waals surface area contributed by atoms with Gasteiger partial charge in [0.15, 0.2) is 0 Å². The summed E-state index contributed by atoms with van der Waals surface area (Å²) in [5.41, 5.74) is 3.08. The molecule has 100 valence electrons. The van der Waals surface area contributed by atoms with E-state index in [-0.39, 0.29) is 0 Å². The summed E-state index contributed by atoms with van der Waals surface area (Å²) < 4.78 is 37.4. The second-order valence-corrected chi connectivity index (χ2v) is 4.62. The maximum absolute atomic E-state index is 12.5. The van der Waals surface area contributed by atoms with Crippen molar-refractivity contribution in [2.45, 2.75) is 19.0 Å². The van der Waals surface area contributed by atoms with Crippen LogP contribution in [0.25, 0.3) is 11.1 Å². The zero-order chi connectivity index (χ0) is 14.0. The lowest BCUT2D eigenvalue weighted by Gasteiger charge is -2.09. The van der Waals surface area contributed by atoms with Crippen LogP contribution in [-0.2, 0) is 12.1 Å². The maximum atomic E-state index is 12.5. The topological polar surface area (TPSA) is 0 Å². The fraction of sp³-hybridized carbons (Fsp3) is 0.200. The van der Waals surface area contributed by atoms with Gasteiger partial charge in [0.2, 0.25) is 0 Å². The Kier molecular flexibility index (Phi) is 3.85. The average molecular weight is 285 g/mol. The van der Waals surface area contributed by atoms with Crippen LogP contribution in [0.5, 0.6) is 0 Å². The Labute approximate surface area is 114 Å². The highest BCUT2D eigenvalue weighted by Gasteiger charge is 2.29. The Morgan fingerprint density at radius 2 is 1.53 bits per heavy atom. The van der Waals surface area contributed by atoms with Crippen molar-refractivity contribution in [1.82, 2.24) is 0 Å². The number of hydrogen-bond acceptors (Lipinski definition) is 0. The lowest BCUT2D eigenvalue weighted by atomic mass is 9.99. The first-order valence-electron chi connectivity index (χ1n) is 5.75. The normalized spacial score (nSPS) is 11.6. The smallest absolute Gasteiger partial charge is 0.166 e. The molecular formula is C15H12ClF3. The number of rotatable bonds is 2. The summed E-state index contributed by atoms with van der Waals surface area (Å²) in [6.45, 7) is 1.94. The van der Waals surface area contributed by atoms with Crippen molar-refractivity contribution in [2.24, 2.45) is 0 Å². The van der Waals surface area contributed by atoms with Gasteiger partial charge in [0.05, 0.1) is 5.56 Å². The number of alkyl halides is 4. The standard InChI is InChI=1S/C15H12ClF3/c1-10-8-12(2-3-13(10)9-16)11-4-6-14(7-5-11)15(17,18)19/h2-8H,9H2,1H3. The molecule has 0 bridgehead atoms. The van der Waals surface area contributed by atoms with Crippen molar-refractivity contribution in [3.05, 3.63) is 59.2 Å². The van der Waals surface area contributed by atoms with Crippen molar-refractivity contribution in [2.75, 3.05) is 0 Å². The van der Waals surface area contributed by atoms with Gasteiger partial charge in [-0.2, -0.15) is 13.2 Å². The monoisotopic (exact) mass is 284 g/mol. The highest BCUT2D eigenvalue weighted by Crippen LogP contribution is 2.31. The summed E-state index contributed by atoms with van der Waals surface area (Å²) in [4.78, 5) is 0. The quantitative estimate of drug-likeness (QED) is 0.646. The van der Waals surface area contributed by atoms with Crippen LogP contribution in [0.4, 0.5) is 13.2 Å². The summed E-state index contributed by atoms with van der Waals surface area (Å²) >= 11 is 5.78. The fourth-order valence-electron chi connectivity index (χ4n) is 1.88. The molecular weight excluding hydrogens is 273 g/mol.